The molecule has 0 fully saturated rings. The van der Waals surface area contributed by atoms with Gasteiger partial charge in [-0.3, -0.25) is 9.59 Å². The monoisotopic (exact) mass is 295 g/mol. The molecule has 0 saturated carbocycles. The SMILES string of the molecule is CC(CC(=O)O)SCC(=O)NCCCc1ccccc1. The first-order valence-corrected chi connectivity index (χ1v) is 7.77. The summed E-state index contributed by atoms with van der Waals surface area (Å²) >= 11 is 1.37. The summed E-state index contributed by atoms with van der Waals surface area (Å²) in [4.78, 5) is 22.1. The molecule has 1 amide bonds. The van der Waals surface area contributed by atoms with Crippen molar-refractivity contribution in [3.05, 3.63) is 35.9 Å². The number of hydrogen-bond donors (Lipinski definition) is 2. The van der Waals surface area contributed by atoms with E-state index in [9.17, 15) is 9.59 Å². The highest BCUT2D eigenvalue weighted by molar-refractivity contribution is 8.00. The Kier molecular flexibility index (Phi) is 7.80. The highest BCUT2D eigenvalue weighted by atomic mass is 32.2. The Hall–Kier alpha value is -1.49. The zero-order valence-electron chi connectivity index (χ0n) is 11.7. The standard InChI is InChI=1S/C15H21NO3S/c1-12(10-15(18)19)20-11-14(17)16-9-5-8-13-6-3-2-4-7-13/h2-4,6-7,12H,5,8-11H2,1H3,(H,16,17)(H,18,19). The second-order valence-electron chi connectivity index (χ2n) is 4.66. The summed E-state index contributed by atoms with van der Waals surface area (Å²) in [7, 11) is 0. The van der Waals surface area contributed by atoms with Crippen molar-refractivity contribution in [2.45, 2.75) is 31.4 Å². The number of nitrogens with one attached hydrogen (secondary N) is 1. The van der Waals surface area contributed by atoms with E-state index >= 15 is 0 Å². The van der Waals surface area contributed by atoms with Gasteiger partial charge in [0.2, 0.25) is 5.91 Å². The third kappa shape index (κ3) is 7.84. The third-order valence-electron chi connectivity index (χ3n) is 2.77. The zero-order chi connectivity index (χ0) is 14.8. The van der Waals surface area contributed by atoms with Crippen LogP contribution < -0.4 is 5.32 Å². The minimum atomic E-state index is -0.826. The first-order chi connectivity index (χ1) is 9.58. The Morgan fingerprint density at radius 1 is 1.30 bits per heavy atom. The summed E-state index contributed by atoms with van der Waals surface area (Å²) in [5.74, 6) is -0.534. The van der Waals surface area contributed by atoms with Crippen molar-refractivity contribution in [2.24, 2.45) is 0 Å². The third-order valence-corrected chi connectivity index (χ3v) is 3.93. The summed E-state index contributed by atoms with van der Waals surface area (Å²) in [6.07, 6.45) is 1.95. The fourth-order valence-electron chi connectivity index (χ4n) is 1.74. The molecule has 0 aliphatic carbocycles. The maximum absolute atomic E-state index is 11.6. The molecule has 0 heterocycles. The molecule has 0 bridgehead atoms. The zero-order valence-corrected chi connectivity index (χ0v) is 12.5. The van der Waals surface area contributed by atoms with Crippen LogP contribution in [0.2, 0.25) is 0 Å². The van der Waals surface area contributed by atoms with Gasteiger partial charge < -0.3 is 10.4 Å². The lowest BCUT2D eigenvalue weighted by Crippen LogP contribution is -2.27. The van der Waals surface area contributed by atoms with E-state index in [4.69, 9.17) is 5.11 Å². The average Bonchev–Trinajstić information content (AvgIpc) is 2.42. The van der Waals surface area contributed by atoms with Crippen LogP contribution in [0.15, 0.2) is 30.3 Å². The van der Waals surface area contributed by atoms with Gasteiger partial charge in [-0.25, -0.2) is 0 Å². The minimum Gasteiger partial charge on any atom is -0.481 e. The Morgan fingerprint density at radius 2 is 2.00 bits per heavy atom. The average molecular weight is 295 g/mol. The summed E-state index contributed by atoms with van der Waals surface area (Å²) in [5, 5.41) is 11.4. The molecule has 0 aromatic heterocycles. The van der Waals surface area contributed by atoms with Gasteiger partial charge in [-0.2, -0.15) is 0 Å². The predicted octanol–water partition coefficient (Wildman–Crippen LogP) is 2.33. The molecule has 1 unspecified atom stereocenters. The Labute approximate surface area is 124 Å². The summed E-state index contributed by atoms with van der Waals surface area (Å²) < 4.78 is 0. The second kappa shape index (κ2) is 9.42. The fourth-order valence-corrected chi connectivity index (χ4v) is 2.54. The number of aliphatic carboxylic acids is 1. The van der Waals surface area contributed by atoms with Crippen LogP contribution in [0.3, 0.4) is 0 Å². The molecular formula is C15H21NO3S. The molecule has 1 atom stereocenters. The van der Waals surface area contributed by atoms with Gasteiger partial charge in [0.1, 0.15) is 0 Å². The quantitative estimate of drug-likeness (QED) is 0.686. The van der Waals surface area contributed by atoms with Crippen LogP contribution >= 0.6 is 11.8 Å². The number of rotatable bonds is 9. The van der Waals surface area contributed by atoms with Crippen molar-refractivity contribution in [1.82, 2.24) is 5.32 Å². The predicted molar refractivity (Wildman–Crippen MR) is 81.9 cm³/mol. The van der Waals surface area contributed by atoms with Crippen molar-refractivity contribution in [3.8, 4) is 0 Å². The number of carboxylic acid groups (broad SMARTS) is 1. The molecule has 20 heavy (non-hydrogen) atoms. The van der Waals surface area contributed by atoms with Gasteiger partial charge >= 0.3 is 5.97 Å². The number of carbonyl (C=O) groups is 2. The van der Waals surface area contributed by atoms with Crippen LogP contribution in [0, 0.1) is 0 Å². The van der Waals surface area contributed by atoms with E-state index in [0.717, 1.165) is 12.8 Å². The van der Waals surface area contributed by atoms with Gasteiger partial charge in [0, 0.05) is 11.8 Å². The molecule has 1 aromatic carbocycles. The molecule has 1 rings (SSSR count). The number of aryl methyl sites for hydroxylation is 1. The summed E-state index contributed by atoms with van der Waals surface area (Å²) in [6.45, 7) is 2.48. The number of thioether (sulfide) groups is 1. The molecule has 0 radical (unpaired) electrons. The Balaban J connectivity index is 2.07. The fraction of sp³-hybridized carbons (Fsp3) is 0.467. The molecule has 2 N–H and O–H groups in total. The molecule has 0 aliphatic heterocycles. The second-order valence-corrected chi connectivity index (χ2v) is 6.09. The van der Waals surface area contributed by atoms with Gasteiger partial charge in [0.15, 0.2) is 0 Å². The van der Waals surface area contributed by atoms with Crippen molar-refractivity contribution in [2.75, 3.05) is 12.3 Å². The van der Waals surface area contributed by atoms with E-state index in [1.165, 1.54) is 17.3 Å². The molecule has 1 aromatic rings. The molecule has 0 spiro atoms. The lowest BCUT2D eigenvalue weighted by Gasteiger charge is -2.09. The molecular weight excluding hydrogens is 274 g/mol. The van der Waals surface area contributed by atoms with E-state index in [0.29, 0.717) is 12.3 Å². The minimum absolute atomic E-state index is 0.0275. The van der Waals surface area contributed by atoms with E-state index in [2.05, 4.69) is 17.4 Å². The van der Waals surface area contributed by atoms with Gasteiger partial charge in [-0.05, 0) is 18.4 Å². The van der Waals surface area contributed by atoms with E-state index in [1.807, 2.05) is 25.1 Å². The lowest BCUT2D eigenvalue weighted by atomic mass is 10.1. The van der Waals surface area contributed by atoms with Gasteiger partial charge in [-0.15, -0.1) is 11.8 Å². The van der Waals surface area contributed by atoms with E-state index in [-0.39, 0.29) is 17.6 Å². The van der Waals surface area contributed by atoms with Crippen molar-refractivity contribution >= 4 is 23.6 Å². The number of hydrogen-bond acceptors (Lipinski definition) is 3. The van der Waals surface area contributed by atoms with Crippen LogP contribution in [0.1, 0.15) is 25.3 Å². The first kappa shape index (κ1) is 16.6. The molecule has 0 aliphatic rings. The highest BCUT2D eigenvalue weighted by Crippen LogP contribution is 2.13. The van der Waals surface area contributed by atoms with Gasteiger partial charge in [-0.1, -0.05) is 37.3 Å². The largest absolute Gasteiger partial charge is 0.481 e. The highest BCUT2D eigenvalue weighted by Gasteiger charge is 2.10. The topological polar surface area (TPSA) is 66.4 Å². The Morgan fingerprint density at radius 3 is 2.65 bits per heavy atom. The van der Waals surface area contributed by atoms with Crippen LogP contribution in [0.5, 0.6) is 0 Å². The molecule has 0 saturated heterocycles. The molecule has 110 valence electrons. The van der Waals surface area contributed by atoms with Crippen molar-refractivity contribution < 1.29 is 14.7 Å². The summed E-state index contributed by atoms with van der Waals surface area (Å²) in [5.41, 5.74) is 1.27. The first-order valence-electron chi connectivity index (χ1n) is 6.72. The maximum Gasteiger partial charge on any atom is 0.304 e. The van der Waals surface area contributed by atoms with Crippen LogP contribution in [0.4, 0.5) is 0 Å². The van der Waals surface area contributed by atoms with Gasteiger partial charge in [0.05, 0.1) is 12.2 Å². The van der Waals surface area contributed by atoms with Crippen molar-refractivity contribution in [1.29, 1.82) is 0 Å². The Bertz CT molecular complexity index is 422. The van der Waals surface area contributed by atoms with Gasteiger partial charge in [0.25, 0.3) is 0 Å². The molecule has 5 heteroatoms. The van der Waals surface area contributed by atoms with E-state index < -0.39 is 5.97 Å². The number of amides is 1. The smallest absolute Gasteiger partial charge is 0.304 e. The maximum atomic E-state index is 11.6. The molecule has 4 nitrogen and oxygen atoms in total. The lowest BCUT2D eigenvalue weighted by molar-refractivity contribution is -0.136. The van der Waals surface area contributed by atoms with Crippen molar-refractivity contribution in [3.63, 3.8) is 0 Å². The van der Waals surface area contributed by atoms with E-state index in [1.54, 1.807) is 0 Å². The van der Waals surface area contributed by atoms with Crippen LogP contribution in [0.25, 0.3) is 0 Å². The number of carbonyl (C=O) groups excluding carboxylic acids is 1. The summed E-state index contributed by atoms with van der Waals surface area (Å²) in [6, 6.07) is 10.2. The van der Waals surface area contributed by atoms with Crippen LogP contribution in [-0.2, 0) is 16.0 Å². The normalized spacial score (nSPS) is 11.8. The van der Waals surface area contributed by atoms with Crippen LogP contribution in [-0.4, -0.2) is 34.5 Å². The number of benzene rings is 1. The number of carboxylic acids is 1.